The van der Waals surface area contributed by atoms with Crippen LogP contribution in [0.1, 0.15) is 59.2 Å². The van der Waals surface area contributed by atoms with Crippen LogP contribution in [0.5, 0.6) is 0 Å². The maximum Gasteiger partial charge on any atom is 0.305 e. The summed E-state index contributed by atoms with van der Waals surface area (Å²) in [4.78, 5) is 65.6. The zero-order valence-electron chi connectivity index (χ0n) is 21.4. The Balaban J connectivity index is 1.67. The van der Waals surface area contributed by atoms with Gasteiger partial charge in [-0.15, -0.1) is 0 Å². The van der Waals surface area contributed by atoms with E-state index in [0.717, 1.165) is 38.2 Å². The molecule has 1 heterocycles. The fourth-order valence-corrected chi connectivity index (χ4v) is 5.67. The molecule has 13 heteroatoms. The van der Waals surface area contributed by atoms with Gasteiger partial charge in [0.25, 0.3) is 23.4 Å². The van der Waals surface area contributed by atoms with Crippen LogP contribution < -0.4 is 5.32 Å². The van der Waals surface area contributed by atoms with Crippen molar-refractivity contribution in [2.75, 3.05) is 13.1 Å². The standard InChI is InChI=1S/C27H28Cl2N4O7/c28-20-10-9-18(14-21(20)29)27(38)32-12-11-31(26(37)17-7-4-8-19(13-17)33(39)40)25(32)24(36)30-22(15-23(34)35)16-5-2-1-3-6-16/h4,7-10,13-14,16,22,25H,1-3,5-6,11-12,15H2,(H,30,36)(H,34,35). The third-order valence-corrected chi connectivity index (χ3v) is 8.08. The largest absolute Gasteiger partial charge is 0.481 e. The van der Waals surface area contributed by atoms with Crippen molar-refractivity contribution in [3.8, 4) is 0 Å². The van der Waals surface area contributed by atoms with E-state index in [9.17, 15) is 34.4 Å². The Bertz CT molecular complexity index is 1330. The molecule has 0 bridgehead atoms. The fourth-order valence-electron chi connectivity index (χ4n) is 5.37. The molecule has 2 fully saturated rings. The first-order chi connectivity index (χ1) is 19.1. The van der Waals surface area contributed by atoms with Crippen molar-refractivity contribution in [3.63, 3.8) is 0 Å². The van der Waals surface area contributed by atoms with Gasteiger partial charge in [-0.05, 0) is 43.0 Å². The minimum atomic E-state index is -1.42. The third kappa shape index (κ3) is 6.53. The number of amides is 3. The number of nitro benzene ring substituents is 1. The number of nitrogens with one attached hydrogen (secondary N) is 1. The first-order valence-corrected chi connectivity index (χ1v) is 13.7. The summed E-state index contributed by atoms with van der Waals surface area (Å²) in [5.41, 5.74) is -0.176. The Kier molecular flexibility index (Phi) is 9.26. The van der Waals surface area contributed by atoms with Crippen LogP contribution >= 0.6 is 23.2 Å². The Labute approximate surface area is 240 Å². The van der Waals surface area contributed by atoms with Gasteiger partial charge in [-0.2, -0.15) is 0 Å². The molecule has 2 atom stereocenters. The van der Waals surface area contributed by atoms with Gasteiger partial charge in [0.1, 0.15) is 0 Å². The summed E-state index contributed by atoms with van der Waals surface area (Å²) >= 11 is 12.1. The normalized spacial score (nSPS) is 18.3. The number of hydrogen-bond donors (Lipinski definition) is 2. The molecule has 2 aliphatic rings. The quantitative estimate of drug-likeness (QED) is 0.342. The number of halogens is 2. The Hall–Kier alpha value is -3.70. The van der Waals surface area contributed by atoms with E-state index >= 15 is 0 Å². The highest BCUT2D eigenvalue weighted by atomic mass is 35.5. The molecule has 2 N–H and O–H groups in total. The average Bonchev–Trinajstić information content (AvgIpc) is 3.39. The number of non-ortho nitro benzene ring substituents is 1. The smallest absolute Gasteiger partial charge is 0.305 e. The first kappa shape index (κ1) is 29.3. The van der Waals surface area contributed by atoms with Gasteiger partial charge in [-0.25, -0.2) is 0 Å². The zero-order chi connectivity index (χ0) is 29.0. The van der Waals surface area contributed by atoms with Gasteiger partial charge in [-0.1, -0.05) is 48.5 Å². The molecule has 0 radical (unpaired) electrons. The molecule has 3 amide bonds. The number of aliphatic carboxylic acids is 1. The molecule has 40 heavy (non-hydrogen) atoms. The summed E-state index contributed by atoms with van der Waals surface area (Å²) in [6.45, 7) is -0.0371. The summed E-state index contributed by atoms with van der Waals surface area (Å²) in [6.07, 6.45) is 2.65. The van der Waals surface area contributed by atoms with E-state index in [1.165, 1.54) is 46.2 Å². The molecule has 0 aromatic heterocycles. The minimum Gasteiger partial charge on any atom is -0.481 e. The van der Waals surface area contributed by atoms with Crippen LogP contribution in [-0.4, -0.2) is 68.8 Å². The highest BCUT2D eigenvalue weighted by Crippen LogP contribution is 2.30. The number of hydrogen-bond acceptors (Lipinski definition) is 6. The monoisotopic (exact) mass is 590 g/mol. The molecular weight excluding hydrogens is 563 g/mol. The van der Waals surface area contributed by atoms with Crippen molar-refractivity contribution in [2.24, 2.45) is 5.92 Å². The van der Waals surface area contributed by atoms with Gasteiger partial charge in [-0.3, -0.25) is 29.3 Å². The highest BCUT2D eigenvalue weighted by Gasteiger charge is 2.44. The number of nitrogens with zero attached hydrogens (tertiary/aromatic N) is 3. The molecule has 212 valence electrons. The number of carboxylic acid groups (broad SMARTS) is 1. The van der Waals surface area contributed by atoms with E-state index in [-0.39, 0.29) is 52.3 Å². The predicted molar refractivity (Wildman–Crippen MR) is 146 cm³/mol. The van der Waals surface area contributed by atoms with E-state index in [1.807, 2.05) is 0 Å². The molecule has 1 aliphatic carbocycles. The predicted octanol–water partition coefficient (Wildman–Crippen LogP) is 4.37. The lowest BCUT2D eigenvalue weighted by Gasteiger charge is -2.34. The lowest BCUT2D eigenvalue weighted by molar-refractivity contribution is -0.384. The number of nitro groups is 1. The number of benzene rings is 2. The van der Waals surface area contributed by atoms with Crippen molar-refractivity contribution >= 4 is 52.6 Å². The van der Waals surface area contributed by atoms with Crippen molar-refractivity contribution < 1.29 is 29.2 Å². The lowest BCUT2D eigenvalue weighted by atomic mass is 9.82. The van der Waals surface area contributed by atoms with Crippen molar-refractivity contribution in [1.82, 2.24) is 15.1 Å². The molecule has 1 aliphatic heterocycles. The topological polar surface area (TPSA) is 150 Å². The second-order valence-electron chi connectivity index (χ2n) is 9.92. The minimum absolute atomic E-state index is 0.00907. The van der Waals surface area contributed by atoms with Crippen molar-refractivity contribution in [3.05, 3.63) is 73.8 Å². The molecule has 2 aromatic rings. The molecule has 1 saturated heterocycles. The zero-order valence-corrected chi connectivity index (χ0v) is 22.9. The number of carbonyl (C=O) groups is 4. The molecule has 2 unspecified atom stereocenters. The van der Waals surface area contributed by atoms with E-state index in [2.05, 4.69) is 5.32 Å². The van der Waals surface area contributed by atoms with Gasteiger partial charge < -0.3 is 20.2 Å². The third-order valence-electron chi connectivity index (χ3n) is 7.34. The van der Waals surface area contributed by atoms with Crippen LogP contribution in [0.25, 0.3) is 0 Å². The SMILES string of the molecule is O=C(O)CC(NC(=O)C1N(C(=O)c2cccc([N+](=O)[O-])c2)CCN1C(=O)c1ccc(Cl)c(Cl)c1)C1CCCCC1. The van der Waals surface area contributed by atoms with E-state index in [1.54, 1.807) is 0 Å². The molecule has 11 nitrogen and oxygen atoms in total. The number of carboxylic acids is 1. The molecule has 2 aromatic carbocycles. The van der Waals surface area contributed by atoms with E-state index < -0.39 is 40.8 Å². The van der Waals surface area contributed by atoms with Crippen molar-refractivity contribution in [2.45, 2.75) is 50.7 Å². The first-order valence-electron chi connectivity index (χ1n) is 12.9. The lowest BCUT2D eigenvalue weighted by Crippen LogP contribution is -2.57. The average molecular weight is 591 g/mol. The van der Waals surface area contributed by atoms with Crippen LogP contribution in [0.2, 0.25) is 10.0 Å². The number of carbonyl (C=O) groups excluding carboxylic acids is 3. The maximum atomic E-state index is 13.8. The molecule has 1 saturated carbocycles. The van der Waals surface area contributed by atoms with Crippen molar-refractivity contribution in [1.29, 1.82) is 0 Å². The van der Waals surface area contributed by atoms with Gasteiger partial charge >= 0.3 is 5.97 Å². The van der Waals surface area contributed by atoms with Gasteiger partial charge in [0.05, 0.1) is 21.4 Å². The van der Waals surface area contributed by atoms with E-state index in [0.29, 0.717) is 0 Å². The van der Waals surface area contributed by atoms with Crippen LogP contribution in [0.4, 0.5) is 5.69 Å². The van der Waals surface area contributed by atoms with E-state index in [4.69, 9.17) is 23.2 Å². The highest BCUT2D eigenvalue weighted by molar-refractivity contribution is 6.42. The Morgan fingerprint density at radius 3 is 2.15 bits per heavy atom. The summed E-state index contributed by atoms with van der Waals surface area (Å²) in [5.74, 6) is -3.10. The fraction of sp³-hybridized carbons (Fsp3) is 0.407. The molecular formula is C27H28Cl2N4O7. The Morgan fingerprint density at radius 1 is 0.950 bits per heavy atom. The van der Waals surface area contributed by atoms with Crippen LogP contribution in [0.15, 0.2) is 42.5 Å². The van der Waals surface area contributed by atoms with Crippen LogP contribution in [0.3, 0.4) is 0 Å². The van der Waals surface area contributed by atoms with Gasteiger partial charge in [0, 0.05) is 42.4 Å². The molecule has 0 spiro atoms. The van der Waals surface area contributed by atoms with Crippen LogP contribution in [-0.2, 0) is 9.59 Å². The summed E-state index contributed by atoms with van der Waals surface area (Å²) in [6, 6.07) is 8.67. The second-order valence-corrected chi connectivity index (χ2v) is 10.7. The second kappa shape index (κ2) is 12.6. The van der Waals surface area contributed by atoms with Gasteiger partial charge in [0.2, 0.25) is 0 Å². The number of rotatable bonds is 8. The molecule has 4 rings (SSSR count). The summed E-state index contributed by atoms with van der Waals surface area (Å²) < 4.78 is 0. The summed E-state index contributed by atoms with van der Waals surface area (Å²) in [5, 5.41) is 24.0. The summed E-state index contributed by atoms with van der Waals surface area (Å²) in [7, 11) is 0. The Morgan fingerprint density at radius 2 is 1.57 bits per heavy atom. The van der Waals surface area contributed by atoms with Crippen LogP contribution in [0, 0.1) is 16.0 Å². The maximum absolute atomic E-state index is 13.8. The van der Waals surface area contributed by atoms with Gasteiger partial charge in [0.15, 0.2) is 6.17 Å².